The summed E-state index contributed by atoms with van der Waals surface area (Å²) in [5, 5.41) is 4.60. The molecule has 0 radical (unpaired) electrons. The number of hydrogen-bond donors (Lipinski definition) is 0. The summed E-state index contributed by atoms with van der Waals surface area (Å²) >= 11 is 0. The maximum Gasteiger partial charge on any atom is 0.211 e. The maximum atomic E-state index is 11.7. The maximum absolute atomic E-state index is 11.7. The van der Waals surface area contributed by atoms with Crippen LogP contribution in [0.5, 0.6) is 0 Å². The van der Waals surface area contributed by atoms with Crippen LogP contribution in [0.3, 0.4) is 0 Å². The average Bonchev–Trinajstić information content (AvgIpc) is 2.74. The minimum atomic E-state index is -3.12. The van der Waals surface area contributed by atoms with E-state index in [0.717, 1.165) is 30.0 Å². The van der Waals surface area contributed by atoms with Crippen LogP contribution in [0.15, 0.2) is 36.5 Å². The van der Waals surface area contributed by atoms with E-state index in [1.807, 2.05) is 48.1 Å². The molecule has 0 saturated carbocycles. The van der Waals surface area contributed by atoms with Crippen molar-refractivity contribution < 1.29 is 8.42 Å². The summed E-state index contributed by atoms with van der Waals surface area (Å²) in [4.78, 5) is 2.23. The summed E-state index contributed by atoms with van der Waals surface area (Å²) in [5.74, 6) is 0. The molecular weight excluding hydrogens is 312 g/mol. The van der Waals surface area contributed by atoms with E-state index in [-0.39, 0.29) is 0 Å². The van der Waals surface area contributed by atoms with Gasteiger partial charge in [-0.05, 0) is 25.5 Å². The molecule has 0 spiro atoms. The number of sulfonamides is 1. The van der Waals surface area contributed by atoms with Crippen LogP contribution in [0.1, 0.15) is 12.1 Å². The van der Waals surface area contributed by atoms with Crippen LogP contribution in [0.25, 0.3) is 5.69 Å². The number of anilines is 1. The summed E-state index contributed by atoms with van der Waals surface area (Å²) in [5.41, 5.74) is 3.06. The molecule has 6 nitrogen and oxygen atoms in total. The van der Waals surface area contributed by atoms with Crippen molar-refractivity contribution >= 4 is 15.7 Å². The third-order valence-corrected chi connectivity index (χ3v) is 5.46. The van der Waals surface area contributed by atoms with Crippen molar-refractivity contribution in [2.75, 3.05) is 37.3 Å². The molecule has 3 rings (SSSR count). The second-order valence-electron chi connectivity index (χ2n) is 5.88. The zero-order chi connectivity index (χ0) is 16.4. The van der Waals surface area contributed by atoms with E-state index in [2.05, 4.69) is 10.00 Å². The quantitative estimate of drug-likeness (QED) is 0.856. The second kappa shape index (κ2) is 6.33. The van der Waals surface area contributed by atoms with Gasteiger partial charge in [0.2, 0.25) is 10.0 Å². The van der Waals surface area contributed by atoms with Crippen LogP contribution in [-0.2, 0) is 10.0 Å². The molecule has 2 aromatic rings. The van der Waals surface area contributed by atoms with Crippen molar-refractivity contribution in [1.82, 2.24) is 14.1 Å². The Morgan fingerprint density at radius 2 is 1.78 bits per heavy atom. The van der Waals surface area contributed by atoms with Crippen LogP contribution in [0.4, 0.5) is 5.69 Å². The molecular formula is C16H22N4O2S. The van der Waals surface area contributed by atoms with Crippen molar-refractivity contribution in [3.63, 3.8) is 0 Å². The number of rotatable bonds is 3. The first-order valence-electron chi connectivity index (χ1n) is 7.77. The number of nitrogens with zero attached hydrogens (tertiary/aromatic N) is 4. The molecule has 0 aliphatic carbocycles. The van der Waals surface area contributed by atoms with E-state index in [0.29, 0.717) is 19.6 Å². The summed E-state index contributed by atoms with van der Waals surface area (Å²) in [6.45, 7) is 4.63. The highest BCUT2D eigenvalue weighted by Crippen LogP contribution is 2.22. The standard InChI is InChI=1S/C16H22N4O2S/c1-14-16(13-20(17-14)15-7-4-3-5-8-15)18-9-6-10-19(12-11-18)23(2,21)22/h3-5,7-8,13H,6,9-12H2,1-2H3. The molecule has 7 heteroatoms. The molecule has 1 aliphatic heterocycles. The van der Waals surface area contributed by atoms with Gasteiger partial charge in [-0.3, -0.25) is 0 Å². The number of aromatic nitrogens is 2. The topological polar surface area (TPSA) is 58.4 Å². The fourth-order valence-corrected chi connectivity index (χ4v) is 3.81. The van der Waals surface area contributed by atoms with E-state index < -0.39 is 10.0 Å². The van der Waals surface area contributed by atoms with Gasteiger partial charge in [0.25, 0.3) is 0 Å². The summed E-state index contributed by atoms with van der Waals surface area (Å²) < 4.78 is 26.9. The number of benzene rings is 1. The first-order valence-corrected chi connectivity index (χ1v) is 9.62. The zero-order valence-electron chi connectivity index (χ0n) is 13.5. The van der Waals surface area contributed by atoms with Gasteiger partial charge in [-0.2, -0.15) is 5.10 Å². The Morgan fingerprint density at radius 3 is 2.48 bits per heavy atom. The molecule has 1 fully saturated rings. The lowest BCUT2D eigenvalue weighted by molar-refractivity contribution is 0.437. The SMILES string of the molecule is Cc1nn(-c2ccccc2)cc1N1CCCN(S(C)(=O)=O)CC1. The molecule has 0 unspecified atom stereocenters. The van der Waals surface area contributed by atoms with Gasteiger partial charge >= 0.3 is 0 Å². The number of hydrogen-bond acceptors (Lipinski definition) is 4. The first-order chi connectivity index (χ1) is 10.9. The molecule has 1 aromatic carbocycles. The highest BCUT2D eigenvalue weighted by atomic mass is 32.2. The van der Waals surface area contributed by atoms with Crippen molar-refractivity contribution in [2.45, 2.75) is 13.3 Å². The van der Waals surface area contributed by atoms with Crippen molar-refractivity contribution in [3.8, 4) is 5.69 Å². The summed E-state index contributed by atoms with van der Waals surface area (Å²) in [6, 6.07) is 9.99. The van der Waals surface area contributed by atoms with Crippen molar-refractivity contribution in [2.24, 2.45) is 0 Å². The molecule has 0 atom stereocenters. The Hall–Kier alpha value is -1.86. The minimum Gasteiger partial charge on any atom is -0.367 e. The Morgan fingerprint density at radius 1 is 1.04 bits per heavy atom. The third-order valence-electron chi connectivity index (χ3n) is 4.16. The van der Waals surface area contributed by atoms with Gasteiger partial charge in [0.15, 0.2) is 0 Å². The molecule has 0 N–H and O–H groups in total. The normalized spacial score (nSPS) is 17.2. The molecule has 1 saturated heterocycles. The summed E-state index contributed by atoms with van der Waals surface area (Å²) in [7, 11) is -3.12. The van der Waals surface area contributed by atoms with Crippen LogP contribution in [0, 0.1) is 6.92 Å². The minimum absolute atomic E-state index is 0.523. The van der Waals surface area contributed by atoms with Crippen LogP contribution >= 0.6 is 0 Å². The van der Waals surface area contributed by atoms with Gasteiger partial charge in [-0.1, -0.05) is 18.2 Å². The predicted octanol–water partition coefficient (Wildman–Crippen LogP) is 1.65. The van der Waals surface area contributed by atoms with E-state index >= 15 is 0 Å². The fraction of sp³-hybridized carbons (Fsp3) is 0.438. The lowest BCUT2D eigenvalue weighted by Crippen LogP contribution is -2.34. The van der Waals surface area contributed by atoms with Crippen LogP contribution in [-0.4, -0.2) is 54.9 Å². The van der Waals surface area contributed by atoms with Crippen molar-refractivity contribution in [1.29, 1.82) is 0 Å². The highest BCUT2D eigenvalue weighted by Gasteiger charge is 2.23. The van der Waals surface area contributed by atoms with Gasteiger partial charge < -0.3 is 4.90 Å². The van der Waals surface area contributed by atoms with Crippen molar-refractivity contribution in [3.05, 3.63) is 42.2 Å². The lowest BCUT2D eigenvalue weighted by Gasteiger charge is -2.22. The average molecular weight is 334 g/mol. The Kier molecular flexibility index (Phi) is 4.41. The number of para-hydroxylation sites is 1. The molecule has 1 aliphatic rings. The monoisotopic (exact) mass is 334 g/mol. The molecule has 2 heterocycles. The van der Waals surface area contributed by atoms with E-state index in [9.17, 15) is 8.42 Å². The molecule has 1 aromatic heterocycles. The van der Waals surface area contributed by atoms with Crippen LogP contribution < -0.4 is 4.90 Å². The Labute approximate surface area is 137 Å². The van der Waals surface area contributed by atoms with Crippen LogP contribution in [0.2, 0.25) is 0 Å². The van der Waals surface area contributed by atoms with E-state index in [1.54, 1.807) is 4.31 Å². The smallest absolute Gasteiger partial charge is 0.211 e. The van der Waals surface area contributed by atoms with E-state index in [1.165, 1.54) is 6.26 Å². The van der Waals surface area contributed by atoms with Gasteiger partial charge in [-0.25, -0.2) is 17.4 Å². The first kappa shape index (κ1) is 16.0. The molecule has 0 amide bonds. The van der Waals surface area contributed by atoms with Gasteiger partial charge in [-0.15, -0.1) is 0 Å². The highest BCUT2D eigenvalue weighted by molar-refractivity contribution is 7.88. The van der Waals surface area contributed by atoms with Gasteiger partial charge in [0.1, 0.15) is 0 Å². The Bertz CT molecular complexity index is 771. The van der Waals surface area contributed by atoms with Gasteiger partial charge in [0.05, 0.1) is 29.5 Å². The largest absolute Gasteiger partial charge is 0.367 e. The fourth-order valence-electron chi connectivity index (χ4n) is 2.94. The lowest BCUT2D eigenvalue weighted by atomic mass is 10.3. The molecule has 0 bridgehead atoms. The van der Waals surface area contributed by atoms with Gasteiger partial charge in [0, 0.05) is 26.2 Å². The molecule has 23 heavy (non-hydrogen) atoms. The Balaban J connectivity index is 1.81. The second-order valence-corrected chi connectivity index (χ2v) is 7.86. The molecule has 124 valence electrons. The zero-order valence-corrected chi connectivity index (χ0v) is 14.3. The number of aryl methyl sites for hydroxylation is 1. The summed E-state index contributed by atoms with van der Waals surface area (Å²) in [6.07, 6.45) is 4.13. The van der Waals surface area contributed by atoms with E-state index in [4.69, 9.17) is 0 Å². The third kappa shape index (κ3) is 3.56. The predicted molar refractivity (Wildman–Crippen MR) is 91.5 cm³/mol.